The van der Waals surface area contributed by atoms with Crippen LogP contribution in [0.25, 0.3) is 38.9 Å². The number of aromatic amines is 1. The zero-order valence-electron chi connectivity index (χ0n) is 17.3. The van der Waals surface area contributed by atoms with Gasteiger partial charge in [0.2, 0.25) is 0 Å². The molecule has 1 saturated carbocycles. The van der Waals surface area contributed by atoms with Crippen molar-refractivity contribution < 1.29 is 0 Å². The van der Waals surface area contributed by atoms with Gasteiger partial charge in [0.1, 0.15) is 0 Å². The van der Waals surface area contributed by atoms with E-state index in [1.54, 1.807) is 4.57 Å². The molecule has 7 nitrogen and oxygen atoms in total. The smallest absolute Gasteiger partial charge is 0.348 e. The Labute approximate surface area is 178 Å². The Bertz CT molecular complexity index is 1480. The molecular weight excluding hydrogens is 388 g/mol. The van der Waals surface area contributed by atoms with E-state index in [1.807, 2.05) is 37.5 Å². The monoisotopic (exact) mass is 412 g/mol. The highest BCUT2D eigenvalue weighted by atomic mass is 16.1. The molecule has 5 aromatic rings. The van der Waals surface area contributed by atoms with Gasteiger partial charge in [0.25, 0.3) is 0 Å². The Balaban J connectivity index is 1.60. The second-order valence-corrected chi connectivity index (χ2v) is 8.52. The lowest BCUT2D eigenvalue weighted by atomic mass is 10.1. The van der Waals surface area contributed by atoms with Crippen LogP contribution in [0.4, 0.5) is 0 Å². The minimum absolute atomic E-state index is 0.234. The maximum absolute atomic E-state index is 13.0. The summed E-state index contributed by atoms with van der Waals surface area (Å²) < 4.78 is 6.07. The molecule has 156 valence electrons. The highest BCUT2D eigenvalue weighted by Gasteiger charge is 2.26. The van der Waals surface area contributed by atoms with E-state index >= 15 is 0 Å². The van der Waals surface area contributed by atoms with Crippen LogP contribution in [0.15, 0.2) is 65.7 Å². The van der Waals surface area contributed by atoms with Crippen LogP contribution in [0.5, 0.6) is 0 Å². The lowest BCUT2D eigenvalue weighted by Crippen LogP contribution is -2.16. The van der Waals surface area contributed by atoms with Crippen LogP contribution in [0.2, 0.25) is 0 Å². The molecular formula is C24H24N6O. The summed E-state index contributed by atoms with van der Waals surface area (Å²) in [6, 6.07) is 17.0. The summed E-state index contributed by atoms with van der Waals surface area (Å²) in [5, 5.41) is 9.21. The Kier molecular flexibility index (Phi) is 3.94. The highest BCUT2D eigenvalue weighted by Crippen LogP contribution is 2.36. The normalized spacial score (nSPS) is 19.0. The van der Waals surface area contributed by atoms with Crippen molar-refractivity contribution in [1.82, 2.24) is 23.9 Å². The van der Waals surface area contributed by atoms with Gasteiger partial charge in [0.05, 0.1) is 11.2 Å². The molecule has 1 fully saturated rings. The Morgan fingerprint density at radius 3 is 2.52 bits per heavy atom. The minimum atomic E-state index is -0.242. The van der Waals surface area contributed by atoms with Crippen LogP contribution in [0.1, 0.15) is 25.3 Å². The van der Waals surface area contributed by atoms with E-state index in [0.29, 0.717) is 11.9 Å². The molecule has 1 aliphatic rings. The first-order valence-electron chi connectivity index (χ1n) is 10.7. The molecule has 0 saturated heterocycles. The fourth-order valence-corrected chi connectivity index (χ4v) is 5.13. The summed E-state index contributed by atoms with van der Waals surface area (Å²) in [6.45, 7) is 0. The standard InChI is InChI=1S/C24H24N6O/c1-28-13-19(17-6-2-4-8-20(17)28)23-26-27-24(31)30(23)22-14-29(16-11-10-15(25)12-16)21-9-5-3-7-18(21)22/h2-9,13-16H,10-12,25H2,1H3,(H,27,31). The minimum Gasteiger partial charge on any atom is -0.350 e. The summed E-state index contributed by atoms with van der Waals surface area (Å²) in [4.78, 5) is 13.0. The van der Waals surface area contributed by atoms with E-state index in [-0.39, 0.29) is 11.7 Å². The van der Waals surface area contributed by atoms with Crippen molar-refractivity contribution in [2.75, 3.05) is 0 Å². The van der Waals surface area contributed by atoms with Crippen molar-refractivity contribution in [3.8, 4) is 17.1 Å². The van der Waals surface area contributed by atoms with E-state index in [2.05, 4.69) is 49.8 Å². The molecule has 3 aromatic heterocycles. The predicted molar refractivity (Wildman–Crippen MR) is 122 cm³/mol. The molecule has 2 unspecified atom stereocenters. The van der Waals surface area contributed by atoms with Crippen LogP contribution >= 0.6 is 0 Å². The number of nitrogens with zero attached hydrogens (tertiary/aromatic N) is 4. The van der Waals surface area contributed by atoms with Crippen molar-refractivity contribution >= 4 is 21.8 Å². The number of fused-ring (bicyclic) bond motifs is 2. The van der Waals surface area contributed by atoms with E-state index < -0.39 is 0 Å². The fraction of sp³-hybridized carbons (Fsp3) is 0.250. The molecule has 0 amide bonds. The number of nitrogens with two attached hydrogens (primary N) is 1. The van der Waals surface area contributed by atoms with Gasteiger partial charge in [0, 0.05) is 53.4 Å². The van der Waals surface area contributed by atoms with Gasteiger partial charge in [-0.15, -0.1) is 0 Å². The summed E-state index contributed by atoms with van der Waals surface area (Å²) in [7, 11) is 2.01. The van der Waals surface area contributed by atoms with Crippen molar-refractivity contribution in [2.45, 2.75) is 31.3 Å². The number of aromatic nitrogens is 5. The SMILES string of the molecule is Cn1cc(-c2n[nH]c(=O)n2-c2cn(C3CCC(N)C3)c3ccccc23)c2ccccc21. The largest absolute Gasteiger partial charge is 0.350 e. The number of benzene rings is 2. The average Bonchev–Trinajstić information content (AvgIpc) is 3.54. The van der Waals surface area contributed by atoms with Gasteiger partial charge in [0.15, 0.2) is 5.82 Å². The topological polar surface area (TPSA) is 86.6 Å². The number of rotatable bonds is 3. The Morgan fingerprint density at radius 1 is 1.00 bits per heavy atom. The van der Waals surface area contributed by atoms with Gasteiger partial charge in [-0.05, 0) is 31.4 Å². The highest BCUT2D eigenvalue weighted by molar-refractivity contribution is 5.96. The van der Waals surface area contributed by atoms with Gasteiger partial charge in [-0.25, -0.2) is 14.5 Å². The zero-order chi connectivity index (χ0) is 21.1. The molecule has 2 atom stereocenters. The fourth-order valence-electron chi connectivity index (χ4n) is 5.13. The van der Waals surface area contributed by atoms with Gasteiger partial charge in [-0.1, -0.05) is 36.4 Å². The number of hydrogen-bond acceptors (Lipinski definition) is 3. The van der Waals surface area contributed by atoms with Crippen LogP contribution in [-0.4, -0.2) is 29.9 Å². The van der Waals surface area contributed by atoms with Crippen molar-refractivity contribution in [3.63, 3.8) is 0 Å². The van der Waals surface area contributed by atoms with E-state index in [1.165, 1.54) is 0 Å². The molecule has 0 bridgehead atoms. The van der Waals surface area contributed by atoms with Crippen LogP contribution in [0, 0.1) is 0 Å². The van der Waals surface area contributed by atoms with Gasteiger partial charge >= 0.3 is 5.69 Å². The quantitative estimate of drug-likeness (QED) is 0.473. The number of aryl methyl sites for hydroxylation is 1. The van der Waals surface area contributed by atoms with E-state index in [4.69, 9.17) is 5.73 Å². The molecule has 2 aromatic carbocycles. The van der Waals surface area contributed by atoms with Crippen LogP contribution in [0.3, 0.4) is 0 Å². The Hall–Kier alpha value is -3.58. The van der Waals surface area contributed by atoms with Gasteiger partial charge in [-0.2, -0.15) is 5.10 Å². The van der Waals surface area contributed by atoms with Gasteiger partial charge < -0.3 is 14.9 Å². The average molecular weight is 412 g/mol. The number of nitrogens with one attached hydrogen (secondary N) is 1. The number of hydrogen-bond donors (Lipinski definition) is 2. The lowest BCUT2D eigenvalue weighted by Gasteiger charge is -2.13. The Morgan fingerprint density at radius 2 is 1.74 bits per heavy atom. The molecule has 0 radical (unpaired) electrons. The van der Waals surface area contributed by atoms with Crippen molar-refractivity contribution in [1.29, 1.82) is 0 Å². The molecule has 3 heterocycles. The first-order chi connectivity index (χ1) is 15.1. The zero-order valence-corrected chi connectivity index (χ0v) is 17.3. The predicted octanol–water partition coefficient (Wildman–Crippen LogP) is 3.73. The second-order valence-electron chi connectivity index (χ2n) is 8.52. The first-order valence-corrected chi connectivity index (χ1v) is 10.7. The third-order valence-corrected chi connectivity index (χ3v) is 6.61. The molecule has 0 spiro atoms. The lowest BCUT2D eigenvalue weighted by molar-refractivity contribution is 0.525. The molecule has 3 N–H and O–H groups in total. The maximum Gasteiger partial charge on any atom is 0.348 e. The summed E-state index contributed by atoms with van der Waals surface area (Å²) >= 11 is 0. The summed E-state index contributed by atoms with van der Waals surface area (Å²) in [5.41, 5.74) is 9.95. The van der Waals surface area contributed by atoms with E-state index in [0.717, 1.165) is 52.3 Å². The summed E-state index contributed by atoms with van der Waals surface area (Å²) in [5.74, 6) is 0.618. The molecule has 7 heteroatoms. The van der Waals surface area contributed by atoms with Crippen LogP contribution in [-0.2, 0) is 7.05 Å². The number of para-hydroxylation sites is 2. The van der Waals surface area contributed by atoms with E-state index in [9.17, 15) is 4.79 Å². The number of H-pyrrole nitrogens is 1. The molecule has 6 rings (SSSR count). The maximum atomic E-state index is 13.0. The first kappa shape index (κ1) is 18.2. The van der Waals surface area contributed by atoms with Crippen LogP contribution < -0.4 is 11.4 Å². The molecule has 0 aliphatic heterocycles. The van der Waals surface area contributed by atoms with Crippen molar-refractivity contribution in [3.05, 3.63) is 71.4 Å². The second kappa shape index (κ2) is 6.72. The van der Waals surface area contributed by atoms with Crippen molar-refractivity contribution in [2.24, 2.45) is 12.8 Å². The van der Waals surface area contributed by atoms with Gasteiger partial charge in [-0.3, -0.25) is 0 Å². The summed E-state index contributed by atoms with van der Waals surface area (Å²) in [6.07, 6.45) is 7.16. The molecule has 31 heavy (non-hydrogen) atoms. The third kappa shape index (κ3) is 2.70. The molecule has 1 aliphatic carbocycles. The third-order valence-electron chi connectivity index (χ3n) is 6.61.